The molecule has 0 bridgehead atoms. The largest absolute Gasteiger partial charge is 0.386 e. The molecule has 2 aliphatic carbocycles. The van der Waals surface area contributed by atoms with Gasteiger partial charge < -0.3 is 9.88 Å². The summed E-state index contributed by atoms with van der Waals surface area (Å²) in [6.45, 7) is 2.17. The first-order valence-electron chi connectivity index (χ1n) is 21.2. The lowest BCUT2D eigenvalue weighted by molar-refractivity contribution is 0.748. The molecule has 286 valence electrons. The molecule has 0 amide bonds. The van der Waals surface area contributed by atoms with Crippen LogP contribution in [0.15, 0.2) is 199 Å². The third-order valence-electron chi connectivity index (χ3n) is 13.7. The molecule has 1 aliphatic heterocycles. The first-order chi connectivity index (χ1) is 30.1. The smallest absolute Gasteiger partial charge is 0.0942 e. The van der Waals surface area contributed by atoms with Crippen molar-refractivity contribution in [2.45, 2.75) is 12.3 Å². The second kappa shape index (κ2) is 12.6. The van der Waals surface area contributed by atoms with Gasteiger partial charge in [0.05, 0.1) is 33.5 Å². The van der Waals surface area contributed by atoms with Crippen molar-refractivity contribution >= 4 is 49.7 Å². The monoisotopic (exact) mass is 777 g/mol. The predicted octanol–water partition coefficient (Wildman–Crippen LogP) is 13.8. The third-order valence-corrected chi connectivity index (χ3v) is 13.7. The molecule has 0 saturated carbocycles. The average molecular weight is 778 g/mol. The first kappa shape index (κ1) is 34.1. The van der Waals surface area contributed by atoms with Gasteiger partial charge in [0.25, 0.3) is 0 Å². The maximum Gasteiger partial charge on any atom is 0.0942 e. The fraction of sp³-hybridized carbons (Fsp3) is 0.0517. The first-order valence-corrected chi connectivity index (χ1v) is 21.2. The van der Waals surface area contributed by atoms with Crippen LogP contribution in [-0.4, -0.2) is 17.3 Å². The van der Waals surface area contributed by atoms with Crippen LogP contribution in [0.1, 0.15) is 45.9 Å². The minimum absolute atomic E-state index is 0.526. The number of nitrogens with one attached hydrogen (secondary N) is 1. The van der Waals surface area contributed by atoms with Gasteiger partial charge in [0, 0.05) is 34.7 Å². The van der Waals surface area contributed by atoms with Crippen LogP contribution in [0.2, 0.25) is 0 Å². The maximum absolute atomic E-state index is 5.62. The predicted molar refractivity (Wildman–Crippen MR) is 255 cm³/mol. The van der Waals surface area contributed by atoms with Gasteiger partial charge in [0.15, 0.2) is 0 Å². The summed E-state index contributed by atoms with van der Waals surface area (Å²) in [6.07, 6.45) is 0. The Morgan fingerprint density at radius 1 is 0.475 bits per heavy atom. The second-order valence-corrected chi connectivity index (χ2v) is 16.6. The topological polar surface area (TPSA) is 29.3 Å². The summed E-state index contributed by atoms with van der Waals surface area (Å²) in [4.78, 5) is 5.62. The van der Waals surface area contributed by atoms with Gasteiger partial charge >= 0.3 is 0 Å². The van der Waals surface area contributed by atoms with Crippen LogP contribution in [0.4, 0.5) is 0 Å². The zero-order valence-corrected chi connectivity index (χ0v) is 33.9. The van der Waals surface area contributed by atoms with Gasteiger partial charge in [0.2, 0.25) is 0 Å². The average Bonchev–Trinajstić information content (AvgIpc) is 3.94. The van der Waals surface area contributed by atoms with Gasteiger partial charge in [0.1, 0.15) is 0 Å². The molecule has 1 N–H and O–H groups in total. The van der Waals surface area contributed by atoms with Crippen molar-refractivity contribution in [2.75, 3.05) is 7.05 Å². The van der Waals surface area contributed by atoms with Crippen LogP contribution >= 0.6 is 0 Å². The molecule has 61 heavy (non-hydrogen) atoms. The highest BCUT2D eigenvalue weighted by Crippen LogP contribution is 2.61. The summed E-state index contributed by atoms with van der Waals surface area (Å²) in [5.74, 6) is 0. The van der Waals surface area contributed by atoms with E-state index in [0.29, 0.717) is 0 Å². The van der Waals surface area contributed by atoms with E-state index >= 15 is 0 Å². The Kier molecular flexibility index (Phi) is 7.07. The SMILES string of the molecule is CN/C(=C(\N=C(/C)c1ccc2c(c1)C1(c3ccccc3-2)c2ccccc2-n2c3ccccc3c3cccc1c32)c1ccccc1)c1ccc2c(c1)-c1cccc3cccc-2c13. The lowest BCUT2D eigenvalue weighted by Gasteiger charge is -2.39. The van der Waals surface area contributed by atoms with Gasteiger partial charge in [-0.15, -0.1) is 0 Å². The van der Waals surface area contributed by atoms with Crippen molar-refractivity contribution in [2.24, 2.45) is 4.99 Å². The molecule has 2 heterocycles. The molecule has 10 aromatic rings. The molecule has 1 aromatic heterocycles. The van der Waals surface area contributed by atoms with Crippen LogP contribution in [0.3, 0.4) is 0 Å². The number of benzene rings is 9. The molecular weight excluding hydrogens is 739 g/mol. The molecule has 3 nitrogen and oxygen atoms in total. The summed E-state index contributed by atoms with van der Waals surface area (Å²) in [7, 11) is 2.02. The molecule has 3 heteroatoms. The molecule has 1 unspecified atom stereocenters. The molecule has 13 rings (SSSR count). The van der Waals surface area contributed by atoms with E-state index in [1.54, 1.807) is 0 Å². The number of para-hydroxylation sites is 3. The Bertz CT molecular complexity index is 3580. The highest BCUT2D eigenvalue weighted by molar-refractivity contribution is 6.16. The molecular formula is C58H39N3. The van der Waals surface area contributed by atoms with Crippen molar-refractivity contribution in [1.29, 1.82) is 0 Å². The van der Waals surface area contributed by atoms with Crippen LogP contribution in [0, 0.1) is 0 Å². The minimum Gasteiger partial charge on any atom is -0.386 e. The molecule has 1 spiro atoms. The van der Waals surface area contributed by atoms with Crippen molar-refractivity contribution in [3.63, 3.8) is 0 Å². The minimum atomic E-state index is -0.526. The number of fused-ring (bicyclic) bond motifs is 15. The van der Waals surface area contributed by atoms with E-state index in [1.165, 1.54) is 93.9 Å². The van der Waals surface area contributed by atoms with Gasteiger partial charge in [-0.25, -0.2) is 0 Å². The van der Waals surface area contributed by atoms with Gasteiger partial charge in [-0.05, 0) is 103 Å². The van der Waals surface area contributed by atoms with Crippen LogP contribution in [0.5, 0.6) is 0 Å². The fourth-order valence-electron chi connectivity index (χ4n) is 11.2. The van der Waals surface area contributed by atoms with Crippen molar-refractivity contribution in [3.8, 4) is 39.1 Å². The Morgan fingerprint density at radius 3 is 1.97 bits per heavy atom. The Labute approximate surface area is 354 Å². The summed E-state index contributed by atoms with van der Waals surface area (Å²) in [5, 5.41) is 8.79. The summed E-state index contributed by atoms with van der Waals surface area (Å²) in [6, 6.07) is 71.7. The zero-order valence-electron chi connectivity index (χ0n) is 33.9. The molecule has 0 fully saturated rings. The second-order valence-electron chi connectivity index (χ2n) is 16.6. The number of hydrogen-bond acceptors (Lipinski definition) is 2. The van der Waals surface area contributed by atoms with E-state index in [4.69, 9.17) is 4.99 Å². The molecule has 9 aromatic carbocycles. The standard InChI is InChI=1S/C58H39N3/c1-35(60-56(37-15-4-3-5-16-37)55(59-2)39-30-31-40-44-21-12-17-36-18-13-22-45(54(36)44)47(40)33-39)38-29-32-42-41-19-6-8-24-48(41)58(51(42)34-38)49-25-9-11-28-53(49)61-52-27-10-7-20-43(52)46-23-14-26-50(58)57(46)61/h3-34,59H,1-2H3/b56-55-,60-35+. The number of aliphatic imine (C=N–C) groups is 1. The number of nitrogens with zero attached hydrogens (tertiary/aromatic N) is 2. The van der Waals surface area contributed by atoms with E-state index in [-0.39, 0.29) is 0 Å². The number of hydrogen-bond donors (Lipinski definition) is 1. The van der Waals surface area contributed by atoms with Gasteiger partial charge in [-0.3, -0.25) is 4.99 Å². The lowest BCUT2D eigenvalue weighted by Crippen LogP contribution is -2.33. The Morgan fingerprint density at radius 2 is 1.11 bits per heavy atom. The van der Waals surface area contributed by atoms with E-state index in [1.807, 2.05) is 7.05 Å². The van der Waals surface area contributed by atoms with Crippen LogP contribution in [0.25, 0.3) is 83.0 Å². The third kappa shape index (κ3) is 4.50. The number of rotatable bonds is 5. The van der Waals surface area contributed by atoms with Crippen molar-refractivity contribution in [3.05, 3.63) is 233 Å². The molecule has 0 radical (unpaired) electrons. The maximum atomic E-state index is 5.62. The van der Waals surface area contributed by atoms with Crippen molar-refractivity contribution < 1.29 is 0 Å². The Balaban J connectivity index is 1.03. The van der Waals surface area contributed by atoms with E-state index in [9.17, 15) is 0 Å². The summed E-state index contributed by atoms with van der Waals surface area (Å²) < 4.78 is 2.51. The zero-order chi connectivity index (χ0) is 40.4. The molecule has 0 saturated heterocycles. The van der Waals surface area contributed by atoms with E-state index in [0.717, 1.165) is 33.8 Å². The van der Waals surface area contributed by atoms with Crippen LogP contribution < -0.4 is 5.32 Å². The quantitative estimate of drug-likeness (QED) is 0.137. The van der Waals surface area contributed by atoms with E-state index < -0.39 is 5.41 Å². The van der Waals surface area contributed by atoms with Crippen molar-refractivity contribution in [1.82, 2.24) is 9.88 Å². The number of aromatic nitrogens is 1. The molecule has 3 aliphatic rings. The van der Waals surface area contributed by atoms with E-state index in [2.05, 4.69) is 211 Å². The lowest BCUT2D eigenvalue weighted by atomic mass is 9.65. The Hall–Kier alpha value is -7.75. The van der Waals surface area contributed by atoms with Gasteiger partial charge in [-0.1, -0.05) is 170 Å². The highest BCUT2D eigenvalue weighted by Gasteiger charge is 2.50. The fourth-order valence-corrected chi connectivity index (χ4v) is 11.2. The highest BCUT2D eigenvalue weighted by atomic mass is 15.0. The van der Waals surface area contributed by atoms with Gasteiger partial charge in [-0.2, -0.15) is 0 Å². The molecule has 1 atom stereocenters. The normalized spacial score (nSPS) is 15.8. The summed E-state index contributed by atoms with van der Waals surface area (Å²) in [5.41, 5.74) is 22.2. The van der Waals surface area contributed by atoms with Crippen LogP contribution in [-0.2, 0) is 5.41 Å². The summed E-state index contributed by atoms with van der Waals surface area (Å²) >= 11 is 0.